The summed E-state index contributed by atoms with van der Waals surface area (Å²) in [5.41, 5.74) is 1.27. The fourth-order valence-corrected chi connectivity index (χ4v) is 4.59. The quantitative estimate of drug-likeness (QED) is 0.501. The molecule has 2 saturated heterocycles. The van der Waals surface area contributed by atoms with Crippen molar-refractivity contribution in [3.8, 4) is 29.3 Å². The average Bonchev–Trinajstić information content (AvgIpc) is 3.65. The summed E-state index contributed by atoms with van der Waals surface area (Å²) < 4.78 is 30.3. The first kappa shape index (κ1) is 21.5. The molecule has 3 aromatic rings. The lowest BCUT2D eigenvalue weighted by Gasteiger charge is -2.20. The van der Waals surface area contributed by atoms with Crippen LogP contribution in [0.4, 0.5) is 5.69 Å². The Morgan fingerprint density at radius 2 is 2.00 bits per heavy atom. The number of ether oxygens (including phenoxy) is 5. The Hall–Kier alpha value is -3.99. The van der Waals surface area contributed by atoms with Gasteiger partial charge in [0.1, 0.15) is 24.0 Å². The number of tetrazole rings is 1. The van der Waals surface area contributed by atoms with Crippen LogP contribution < -0.4 is 24.8 Å². The van der Waals surface area contributed by atoms with Crippen LogP contribution in [0, 0.1) is 11.3 Å². The van der Waals surface area contributed by atoms with Crippen molar-refractivity contribution in [3.05, 3.63) is 48.0 Å². The number of fused-ring (bicyclic) bond motifs is 2. The van der Waals surface area contributed by atoms with Crippen LogP contribution in [0.15, 0.2) is 42.5 Å². The molecule has 0 bridgehead atoms. The number of hydrogen-bond donors (Lipinski definition) is 2. The molecular weight excluding hydrogens is 474 g/mol. The minimum Gasteiger partial charge on any atom is -0.454 e. The van der Waals surface area contributed by atoms with E-state index in [1.807, 2.05) is 6.07 Å². The van der Waals surface area contributed by atoms with Crippen LogP contribution in [0.25, 0.3) is 0 Å². The Morgan fingerprint density at radius 3 is 2.91 bits per heavy atom. The van der Waals surface area contributed by atoms with Gasteiger partial charge in [-0.05, 0) is 53.0 Å². The monoisotopic (exact) mass is 493 g/mol. The van der Waals surface area contributed by atoms with Crippen molar-refractivity contribution >= 4 is 23.0 Å². The predicted octanol–water partition coefficient (Wildman–Crippen LogP) is 1.76. The van der Waals surface area contributed by atoms with Crippen LogP contribution in [-0.4, -0.2) is 63.6 Å². The van der Waals surface area contributed by atoms with Gasteiger partial charge in [-0.25, -0.2) is 0 Å². The Labute approximate surface area is 204 Å². The van der Waals surface area contributed by atoms with Crippen molar-refractivity contribution in [1.29, 1.82) is 5.26 Å². The molecule has 0 radical (unpaired) electrons. The largest absolute Gasteiger partial charge is 0.454 e. The van der Waals surface area contributed by atoms with Crippen molar-refractivity contribution in [2.75, 3.05) is 25.3 Å². The van der Waals surface area contributed by atoms with Gasteiger partial charge >= 0.3 is 6.01 Å². The zero-order chi connectivity index (χ0) is 23.8. The molecule has 4 atom stereocenters. The standard InChI is InChI=1S/C22H19N7O5S/c23-8-12-2-1-3-13(6-12)24-21(35)25-15-9-30-20-16(10-31-19(15)20)29-22(26-27-28-29)34-14-4-5-17-18(7-14)33-11-32-17/h1-7,15-16,19-20H,9-11H2,(H2,24,25,35). The summed E-state index contributed by atoms with van der Waals surface area (Å²) in [7, 11) is 0. The highest BCUT2D eigenvalue weighted by atomic mass is 32.1. The number of hydrogen-bond acceptors (Lipinski definition) is 10. The SMILES string of the molecule is N#Cc1cccc(NC(=S)NC2COC3C2OCC3n2nnnc2Oc2ccc3c(c2)OCO3)c1. The van der Waals surface area contributed by atoms with Crippen LogP contribution in [-0.2, 0) is 9.47 Å². The van der Waals surface area contributed by atoms with Crippen molar-refractivity contribution in [2.24, 2.45) is 0 Å². The highest BCUT2D eigenvalue weighted by molar-refractivity contribution is 7.80. The van der Waals surface area contributed by atoms with Crippen LogP contribution in [0.1, 0.15) is 11.6 Å². The van der Waals surface area contributed by atoms with Gasteiger partial charge in [-0.2, -0.15) is 9.94 Å². The fraction of sp³-hybridized carbons (Fsp3) is 0.318. The maximum atomic E-state index is 9.08. The van der Waals surface area contributed by atoms with Crippen LogP contribution in [0.2, 0.25) is 0 Å². The van der Waals surface area contributed by atoms with E-state index in [2.05, 4.69) is 32.2 Å². The third-order valence-electron chi connectivity index (χ3n) is 5.92. The molecule has 178 valence electrons. The van der Waals surface area contributed by atoms with E-state index >= 15 is 0 Å². The third kappa shape index (κ3) is 4.18. The van der Waals surface area contributed by atoms with Gasteiger partial charge in [0, 0.05) is 11.8 Å². The number of anilines is 1. The van der Waals surface area contributed by atoms with E-state index in [-0.39, 0.29) is 37.1 Å². The summed E-state index contributed by atoms with van der Waals surface area (Å²) in [6, 6.07) is 14.2. The summed E-state index contributed by atoms with van der Waals surface area (Å²) in [5.74, 6) is 1.78. The van der Waals surface area contributed by atoms with E-state index in [9.17, 15) is 0 Å². The molecule has 35 heavy (non-hydrogen) atoms. The molecule has 3 aliphatic heterocycles. The molecule has 0 spiro atoms. The third-order valence-corrected chi connectivity index (χ3v) is 6.14. The highest BCUT2D eigenvalue weighted by Crippen LogP contribution is 2.38. The van der Waals surface area contributed by atoms with Crippen molar-refractivity contribution in [1.82, 2.24) is 25.5 Å². The molecular formula is C22H19N7O5S. The number of nitrogens with one attached hydrogen (secondary N) is 2. The van der Waals surface area contributed by atoms with Gasteiger partial charge in [0.15, 0.2) is 16.6 Å². The molecule has 2 fully saturated rings. The Kier molecular flexibility index (Phi) is 5.53. The zero-order valence-electron chi connectivity index (χ0n) is 18.2. The molecule has 13 heteroatoms. The molecule has 2 N–H and O–H groups in total. The van der Waals surface area contributed by atoms with Crippen LogP contribution in [0.3, 0.4) is 0 Å². The highest BCUT2D eigenvalue weighted by Gasteiger charge is 2.50. The first-order valence-corrected chi connectivity index (χ1v) is 11.2. The lowest BCUT2D eigenvalue weighted by molar-refractivity contribution is 0.0615. The average molecular weight is 494 g/mol. The van der Waals surface area contributed by atoms with E-state index in [0.717, 1.165) is 5.69 Å². The van der Waals surface area contributed by atoms with Gasteiger partial charge in [-0.1, -0.05) is 11.2 Å². The summed E-state index contributed by atoms with van der Waals surface area (Å²) in [5, 5.41) is 27.8. The normalized spacial score (nSPS) is 24.0. The number of nitriles is 1. The summed E-state index contributed by atoms with van der Waals surface area (Å²) in [6.45, 7) is 0.920. The van der Waals surface area contributed by atoms with Crippen LogP contribution >= 0.6 is 12.2 Å². The zero-order valence-corrected chi connectivity index (χ0v) is 19.0. The van der Waals surface area contributed by atoms with E-state index in [4.69, 9.17) is 41.2 Å². The maximum Gasteiger partial charge on any atom is 0.341 e. The van der Waals surface area contributed by atoms with Crippen LogP contribution in [0.5, 0.6) is 23.3 Å². The van der Waals surface area contributed by atoms with E-state index in [0.29, 0.717) is 41.1 Å². The van der Waals surface area contributed by atoms with Gasteiger partial charge in [-0.3, -0.25) is 0 Å². The van der Waals surface area contributed by atoms with Gasteiger partial charge in [0.05, 0.1) is 30.9 Å². The lowest BCUT2D eigenvalue weighted by atomic mass is 10.1. The number of benzene rings is 2. The molecule has 3 aliphatic rings. The second kappa shape index (κ2) is 8.99. The second-order valence-electron chi connectivity index (χ2n) is 8.08. The summed E-state index contributed by atoms with van der Waals surface area (Å²) in [4.78, 5) is 0. The number of thiocarbonyl (C=S) groups is 1. The second-order valence-corrected chi connectivity index (χ2v) is 8.49. The first-order chi connectivity index (χ1) is 17.2. The lowest BCUT2D eigenvalue weighted by Crippen LogP contribution is -2.45. The van der Waals surface area contributed by atoms with Crippen molar-refractivity contribution in [3.63, 3.8) is 0 Å². The Bertz CT molecular complexity index is 1310. The van der Waals surface area contributed by atoms with Gasteiger partial charge < -0.3 is 34.3 Å². The van der Waals surface area contributed by atoms with E-state index in [1.165, 1.54) is 0 Å². The number of rotatable bonds is 5. The fourth-order valence-electron chi connectivity index (χ4n) is 4.32. The maximum absolute atomic E-state index is 9.08. The minimum absolute atomic E-state index is 0.168. The molecule has 0 saturated carbocycles. The molecule has 1 aromatic heterocycles. The van der Waals surface area contributed by atoms with Gasteiger partial charge in [-0.15, -0.1) is 0 Å². The Balaban J connectivity index is 1.11. The first-order valence-electron chi connectivity index (χ1n) is 10.8. The van der Waals surface area contributed by atoms with E-state index < -0.39 is 0 Å². The molecule has 0 aliphatic carbocycles. The molecule has 4 unspecified atom stereocenters. The smallest absolute Gasteiger partial charge is 0.341 e. The Morgan fingerprint density at radius 1 is 1.11 bits per heavy atom. The molecule has 2 aromatic carbocycles. The van der Waals surface area contributed by atoms with Crippen molar-refractivity contribution in [2.45, 2.75) is 24.3 Å². The summed E-state index contributed by atoms with van der Waals surface area (Å²) in [6.07, 6.45) is -0.549. The summed E-state index contributed by atoms with van der Waals surface area (Å²) >= 11 is 5.46. The predicted molar refractivity (Wildman–Crippen MR) is 123 cm³/mol. The number of nitrogens with zero attached hydrogens (tertiary/aromatic N) is 5. The van der Waals surface area contributed by atoms with Gasteiger partial charge in [0.25, 0.3) is 0 Å². The van der Waals surface area contributed by atoms with Crippen molar-refractivity contribution < 1.29 is 23.7 Å². The molecule has 12 nitrogen and oxygen atoms in total. The molecule has 0 amide bonds. The number of aromatic nitrogens is 4. The topological polar surface area (TPSA) is 138 Å². The molecule has 6 rings (SSSR count). The van der Waals surface area contributed by atoms with E-state index in [1.54, 1.807) is 41.1 Å². The minimum atomic E-state index is -0.292. The van der Waals surface area contributed by atoms with Gasteiger partial charge in [0.2, 0.25) is 6.79 Å². The molecule has 4 heterocycles.